The van der Waals surface area contributed by atoms with Crippen molar-refractivity contribution < 1.29 is 23.1 Å². The van der Waals surface area contributed by atoms with Crippen LogP contribution in [0.3, 0.4) is 0 Å². The third-order valence-corrected chi connectivity index (χ3v) is 7.43. The number of hydrogen-bond acceptors (Lipinski definition) is 7. The molecular weight excluding hydrogens is 484 g/mol. The first-order chi connectivity index (χ1) is 17.1. The number of rotatable bonds is 7. The minimum Gasteiger partial charge on any atom is -0.480 e. The number of aryl methyl sites for hydroxylation is 1. The Hall–Kier alpha value is -2.96. The van der Waals surface area contributed by atoms with Crippen LogP contribution in [0.5, 0.6) is 0 Å². The standard InChI is InChI=1S/C24H34N6O5S/c1-18-3-4-19(15-21(18)20-5-8-27(9-6-20)17-23(31)32)16-28-11-13-29(14-12-28)24(33)30-10-7-22(25-30)26-36(2,34)35/h3-4,7,10,15,20H,5-6,8-9,11-14,16-17H2,1-2H3,(H,25,26)(H,31,32). The van der Waals surface area contributed by atoms with Crippen molar-refractivity contribution in [1.82, 2.24) is 24.5 Å². The second-order valence-electron chi connectivity index (χ2n) is 9.70. The number of aliphatic carboxylic acids is 1. The van der Waals surface area contributed by atoms with E-state index >= 15 is 0 Å². The smallest absolute Gasteiger partial charge is 0.344 e. The van der Waals surface area contributed by atoms with Crippen molar-refractivity contribution in [2.45, 2.75) is 32.2 Å². The Kier molecular flexibility index (Phi) is 7.96. The van der Waals surface area contributed by atoms with Gasteiger partial charge in [-0.3, -0.25) is 19.3 Å². The minimum atomic E-state index is -3.45. The summed E-state index contributed by atoms with van der Waals surface area (Å²) in [5.41, 5.74) is 3.87. The maximum Gasteiger partial charge on any atom is 0.344 e. The van der Waals surface area contributed by atoms with Gasteiger partial charge in [0.2, 0.25) is 10.0 Å². The third-order valence-electron chi connectivity index (χ3n) is 6.85. The lowest BCUT2D eigenvalue weighted by atomic mass is 9.86. The Bertz CT molecular complexity index is 1200. The molecule has 0 aliphatic carbocycles. The highest BCUT2D eigenvalue weighted by atomic mass is 32.2. The molecule has 11 nitrogen and oxygen atoms in total. The Morgan fingerprint density at radius 3 is 2.39 bits per heavy atom. The van der Waals surface area contributed by atoms with E-state index in [1.54, 1.807) is 4.90 Å². The molecule has 3 heterocycles. The van der Waals surface area contributed by atoms with Crippen molar-refractivity contribution in [3.05, 3.63) is 47.2 Å². The maximum absolute atomic E-state index is 12.8. The molecule has 2 aromatic rings. The molecule has 36 heavy (non-hydrogen) atoms. The van der Waals surface area contributed by atoms with Gasteiger partial charge < -0.3 is 10.0 Å². The van der Waals surface area contributed by atoms with Crippen molar-refractivity contribution in [3.63, 3.8) is 0 Å². The molecule has 2 N–H and O–H groups in total. The van der Waals surface area contributed by atoms with Gasteiger partial charge in [-0.05, 0) is 55.5 Å². The van der Waals surface area contributed by atoms with E-state index in [-0.39, 0.29) is 18.4 Å². The van der Waals surface area contributed by atoms with Gasteiger partial charge in [-0.2, -0.15) is 4.68 Å². The number of carbonyl (C=O) groups excluding carboxylic acids is 1. The lowest BCUT2D eigenvalue weighted by Gasteiger charge is -2.35. The van der Waals surface area contributed by atoms with Crippen LogP contribution in [0.2, 0.25) is 0 Å². The largest absolute Gasteiger partial charge is 0.480 e. The summed E-state index contributed by atoms with van der Waals surface area (Å²) < 4.78 is 26.2. The molecule has 0 atom stereocenters. The van der Waals surface area contributed by atoms with Gasteiger partial charge in [0.05, 0.1) is 12.8 Å². The third kappa shape index (κ3) is 6.83. The average molecular weight is 519 g/mol. The van der Waals surface area contributed by atoms with E-state index in [1.165, 1.54) is 29.0 Å². The lowest BCUT2D eigenvalue weighted by molar-refractivity contribution is -0.138. The van der Waals surface area contributed by atoms with E-state index in [2.05, 4.69) is 39.8 Å². The number of nitrogens with one attached hydrogen (secondary N) is 1. The molecule has 1 amide bonds. The summed E-state index contributed by atoms with van der Waals surface area (Å²) in [6.45, 7) is 7.26. The molecular formula is C24H34N6O5S. The minimum absolute atomic E-state index is 0.110. The highest BCUT2D eigenvalue weighted by Gasteiger charge is 2.25. The predicted molar refractivity (Wildman–Crippen MR) is 136 cm³/mol. The summed E-state index contributed by atoms with van der Waals surface area (Å²) >= 11 is 0. The molecule has 1 aromatic carbocycles. The van der Waals surface area contributed by atoms with Crippen molar-refractivity contribution in [2.24, 2.45) is 0 Å². The van der Waals surface area contributed by atoms with Gasteiger partial charge in [-0.15, -0.1) is 5.10 Å². The first-order valence-electron chi connectivity index (χ1n) is 12.2. The molecule has 0 unspecified atom stereocenters. The van der Waals surface area contributed by atoms with Gasteiger partial charge >= 0.3 is 12.0 Å². The van der Waals surface area contributed by atoms with Gasteiger partial charge in [0, 0.05) is 45.0 Å². The summed E-state index contributed by atoms with van der Waals surface area (Å²) in [7, 11) is -3.45. The summed E-state index contributed by atoms with van der Waals surface area (Å²) in [6, 6.07) is 7.82. The fourth-order valence-electron chi connectivity index (χ4n) is 5.00. The lowest BCUT2D eigenvalue weighted by Crippen LogP contribution is -2.49. The number of benzene rings is 1. The number of carbonyl (C=O) groups is 2. The normalized spacial score (nSPS) is 18.3. The summed E-state index contributed by atoms with van der Waals surface area (Å²) in [5.74, 6) is -0.209. The van der Waals surface area contributed by atoms with Crippen LogP contribution >= 0.6 is 0 Å². The van der Waals surface area contributed by atoms with Gasteiger partial charge in [0.15, 0.2) is 5.82 Å². The van der Waals surface area contributed by atoms with Crippen LogP contribution in [0.1, 0.15) is 35.4 Å². The highest BCUT2D eigenvalue weighted by Crippen LogP contribution is 2.31. The number of anilines is 1. The Morgan fingerprint density at radius 1 is 1.06 bits per heavy atom. The number of carboxylic acid groups (broad SMARTS) is 1. The molecule has 4 rings (SSSR count). The van der Waals surface area contributed by atoms with Crippen LogP contribution in [0.15, 0.2) is 30.5 Å². The number of sulfonamides is 1. The van der Waals surface area contributed by atoms with Gasteiger partial charge in [0.25, 0.3) is 0 Å². The first-order valence-corrected chi connectivity index (χ1v) is 14.1. The number of carboxylic acids is 1. The number of likely N-dealkylation sites (tertiary alicyclic amines) is 1. The molecule has 0 radical (unpaired) electrons. The van der Waals surface area contributed by atoms with E-state index in [0.29, 0.717) is 19.0 Å². The fourth-order valence-corrected chi connectivity index (χ4v) is 5.49. The van der Waals surface area contributed by atoms with Gasteiger partial charge in [0.1, 0.15) is 0 Å². The number of aromatic nitrogens is 2. The maximum atomic E-state index is 12.8. The second kappa shape index (κ2) is 11.0. The molecule has 196 valence electrons. The van der Waals surface area contributed by atoms with Crippen molar-refractivity contribution in [3.8, 4) is 0 Å². The second-order valence-corrected chi connectivity index (χ2v) is 11.4. The molecule has 2 aliphatic rings. The Labute approximate surface area is 211 Å². The van der Waals surface area contributed by atoms with E-state index in [4.69, 9.17) is 5.11 Å². The molecule has 0 spiro atoms. The van der Waals surface area contributed by atoms with Crippen molar-refractivity contribution in [1.29, 1.82) is 0 Å². The van der Waals surface area contributed by atoms with Crippen molar-refractivity contribution >= 4 is 27.8 Å². The zero-order chi connectivity index (χ0) is 25.9. The number of piperidine rings is 1. The zero-order valence-electron chi connectivity index (χ0n) is 20.8. The quantitative estimate of drug-likeness (QED) is 0.566. The number of hydrogen-bond donors (Lipinski definition) is 2. The van der Waals surface area contributed by atoms with Crippen molar-refractivity contribution in [2.75, 3.05) is 56.8 Å². The molecule has 0 bridgehead atoms. The molecule has 2 saturated heterocycles. The SMILES string of the molecule is Cc1ccc(CN2CCN(C(=O)n3ccc(NS(C)(=O)=O)n3)CC2)cc1C1CCN(CC(=O)O)CC1. The first kappa shape index (κ1) is 26.1. The van der Waals surface area contributed by atoms with Crippen LogP contribution in [0.25, 0.3) is 0 Å². The van der Waals surface area contributed by atoms with Crippen LogP contribution < -0.4 is 4.72 Å². The summed E-state index contributed by atoms with van der Waals surface area (Å²) in [4.78, 5) is 29.8. The van der Waals surface area contributed by atoms with Gasteiger partial charge in [-0.25, -0.2) is 13.2 Å². The predicted octanol–water partition coefficient (Wildman–Crippen LogP) is 1.61. The number of piperazine rings is 1. The monoisotopic (exact) mass is 518 g/mol. The summed E-state index contributed by atoms with van der Waals surface area (Å²) in [6.07, 6.45) is 4.43. The fraction of sp³-hybridized carbons (Fsp3) is 0.542. The van der Waals surface area contributed by atoms with E-state index < -0.39 is 16.0 Å². The topological polar surface area (TPSA) is 128 Å². The average Bonchev–Trinajstić information content (AvgIpc) is 3.27. The zero-order valence-corrected chi connectivity index (χ0v) is 21.6. The highest BCUT2D eigenvalue weighted by molar-refractivity contribution is 7.92. The van der Waals surface area contributed by atoms with Crippen LogP contribution in [-0.2, 0) is 21.4 Å². The molecule has 12 heteroatoms. The Balaban J connectivity index is 1.30. The van der Waals surface area contributed by atoms with E-state index in [9.17, 15) is 18.0 Å². The number of amides is 1. The van der Waals surface area contributed by atoms with E-state index in [1.807, 2.05) is 4.90 Å². The molecule has 0 saturated carbocycles. The summed E-state index contributed by atoms with van der Waals surface area (Å²) in [5, 5.41) is 13.1. The van der Waals surface area contributed by atoms with Crippen LogP contribution in [-0.4, -0.2) is 102 Å². The number of nitrogens with zero attached hydrogens (tertiary/aromatic N) is 5. The molecule has 2 aliphatic heterocycles. The van der Waals surface area contributed by atoms with Crippen LogP contribution in [0.4, 0.5) is 10.6 Å². The van der Waals surface area contributed by atoms with Crippen LogP contribution in [0, 0.1) is 6.92 Å². The van der Waals surface area contributed by atoms with E-state index in [0.717, 1.165) is 56.5 Å². The Morgan fingerprint density at radius 2 is 1.75 bits per heavy atom. The van der Waals surface area contributed by atoms with Gasteiger partial charge in [-0.1, -0.05) is 18.2 Å². The molecule has 1 aromatic heterocycles. The molecule has 2 fully saturated rings.